The number of rotatable bonds is 6. The van der Waals surface area contributed by atoms with Gasteiger partial charge in [0.05, 0.1) is 6.61 Å². The van der Waals surface area contributed by atoms with E-state index in [0.717, 1.165) is 12.0 Å². The molecule has 1 heterocycles. The van der Waals surface area contributed by atoms with Crippen LogP contribution >= 0.6 is 11.3 Å². The zero-order chi connectivity index (χ0) is 13.7. The molecule has 1 atom stereocenters. The highest BCUT2D eigenvalue weighted by molar-refractivity contribution is 7.07. The van der Waals surface area contributed by atoms with E-state index in [0.29, 0.717) is 12.4 Å². The molecule has 1 aromatic carbocycles. The number of hydrogen-bond acceptors (Lipinski definition) is 3. The van der Waals surface area contributed by atoms with Crippen LogP contribution in [0.25, 0.3) is 0 Å². The molecule has 1 aromatic heterocycles. The van der Waals surface area contributed by atoms with E-state index in [1.54, 1.807) is 17.4 Å². The highest BCUT2D eigenvalue weighted by Gasteiger charge is 2.11. The molecule has 0 aliphatic rings. The van der Waals surface area contributed by atoms with Crippen LogP contribution in [0.2, 0.25) is 0 Å². The Hall–Kier alpha value is -1.39. The van der Waals surface area contributed by atoms with E-state index < -0.39 is 0 Å². The smallest absolute Gasteiger partial charge is 0.126 e. The minimum absolute atomic E-state index is 0.136. The van der Waals surface area contributed by atoms with E-state index in [1.807, 2.05) is 19.4 Å². The van der Waals surface area contributed by atoms with Crippen LogP contribution in [0.3, 0.4) is 0 Å². The molecule has 0 spiro atoms. The number of halogens is 1. The third-order valence-electron chi connectivity index (χ3n) is 3.10. The fourth-order valence-electron chi connectivity index (χ4n) is 1.86. The second-order valence-corrected chi connectivity index (χ2v) is 5.20. The quantitative estimate of drug-likeness (QED) is 0.868. The molecule has 0 aliphatic carbocycles. The summed E-state index contributed by atoms with van der Waals surface area (Å²) in [6, 6.07) is 6.91. The normalized spacial score (nSPS) is 12.4. The monoisotopic (exact) mass is 279 g/mol. The summed E-state index contributed by atoms with van der Waals surface area (Å²) in [5.74, 6) is 0.356. The first-order chi connectivity index (χ1) is 9.20. The molecule has 0 saturated carbocycles. The number of nitrogens with one attached hydrogen (secondary N) is 1. The van der Waals surface area contributed by atoms with Crippen LogP contribution < -0.4 is 10.1 Å². The Kier molecular flexibility index (Phi) is 4.93. The van der Waals surface area contributed by atoms with Gasteiger partial charge in [0.15, 0.2) is 0 Å². The highest BCUT2D eigenvalue weighted by Crippen LogP contribution is 2.26. The first-order valence-corrected chi connectivity index (χ1v) is 7.25. The van der Waals surface area contributed by atoms with Crippen molar-refractivity contribution in [3.63, 3.8) is 0 Å². The summed E-state index contributed by atoms with van der Waals surface area (Å²) in [6.45, 7) is 2.59. The van der Waals surface area contributed by atoms with Gasteiger partial charge in [0.1, 0.15) is 11.6 Å². The molecule has 0 saturated heterocycles. The largest absolute Gasteiger partial charge is 0.493 e. The minimum Gasteiger partial charge on any atom is -0.493 e. The second kappa shape index (κ2) is 6.68. The first kappa shape index (κ1) is 14.0. The lowest BCUT2D eigenvalue weighted by molar-refractivity contribution is 0.314. The topological polar surface area (TPSA) is 21.3 Å². The molecular formula is C15H18FNOS. The average Bonchev–Trinajstić information content (AvgIpc) is 2.91. The minimum atomic E-state index is -0.266. The summed E-state index contributed by atoms with van der Waals surface area (Å²) < 4.78 is 19.1. The van der Waals surface area contributed by atoms with Crippen LogP contribution in [-0.4, -0.2) is 13.7 Å². The SMILES string of the molecule is CNC(C)c1ccc(F)cc1OCCc1ccsc1. The van der Waals surface area contributed by atoms with Crippen molar-refractivity contribution in [2.75, 3.05) is 13.7 Å². The maximum absolute atomic E-state index is 13.3. The second-order valence-electron chi connectivity index (χ2n) is 4.42. The van der Waals surface area contributed by atoms with Crippen molar-refractivity contribution < 1.29 is 9.13 Å². The molecule has 0 fully saturated rings. The van der Waals surface area contributed by atoms with Crippen molar-refractivity contribution in [1.82, 2.24) is 5.32 Å². The summed E-state index contributed by atoms with van der Waals surface area (Å²) in [5, 5.41) is 7.30. The molecule has 4 heteroatoms. The molecule has 2 rings (SSSR count). The van der Waals surface area contributed by atoms with Gasteiger partial charge < -0.3 is 10.1 Å². The van der Waals surface area contributed by atoms with E-state index in [2.05, 4.69) is 16.8 Å². The molecule has 0 aliphatic heterocycles. The fourth-order valence-corrected chi connectivity index (χ4v) is 2.56. The molecule has 102 valence electrons. The third-order valence-corrected chi connectivity index (χ3v) is 3.84. The van der Waals surface area contributed by atoms with Gasteiger partial charge in [-0.3, -0.25) is 0 Å². The van der Waals surface area contributed by atoms with Crippen molar-refractivity contribution in [2.45, 2.75) is 19.4 Å². The molecule has 19 heavy (non-hydrogen) atoms. The summed E-state index contributed by atoms with van der Waals surface area (Å²) in [6.07, 6.45) is 0.841. The van der Waals surface area contributed by atoms with E-state index in [9.17, 15) is 4.39 Å². The Morgan fingerprint density at radius 1 is 1.37 bits per heavy atom. The van der Waals surface area contributed by atoms with E-state index >= 15 is 0 Å². The van der Waals surface area contributed by atoms with Crippen LogP contribution in [0.5, 0.6) is 5.75 Å². The lowest BCUT2D eigenvalue weighted by Gasteiger charge is -2.16. The van der Waals surface area contributed by atoms with Crippen molar-refractivity contribution in [3.05, 3.63) is 52.0 Å². The van der Waals surface area contributed by atoms with Crippen LogP contribution in [0.15, 0.2) is 35.0 Å². The van der Waals surface area contributed by atoms with Crippen molar-refractivity contribution in [2.24, 2.45) is 0 Å². The number of thiophene rings is 1. The molecule has 2 aromatic rings. The number of hydrogen-bond donors (Lipinski definition) is 1. The van der Waals surface area contributed by atoms with E-state index in [-0.39, 0.29) is 11.9 Å². The summed E-state index contributed by atoms with van der Waals surface area (Å²) in [4.78, 5) is 0. The van der Waals surface area contributed by atoms with Crippen LogP contribution in [0, 0.1) is 5.82 Å². The molecule has 1 N–H and O–H groups in total. The van der Waals surface area contributed by atoms with Gasteiger partial charge in [0, 0.05) is 24.1 Å². The van der Waals surface area contributed by atoms with Gasteiger partial charge in [0.2, 0.25) is 0 Å². The number of benzene rings is 1. The maximum atomic E-state index is 13.3. The van der Waals surface area contributed by atoms with E-state index in [4.69, 9.17) is 4.74 Å². The molecule has 0 radical (unpaired) electrons. The maximum Gasteiger partial charge on any atom is 0.126 e. The first-order valence-electron chi connectivity index (χ1n) is 6.31. The zero-order valence-electron chi connectivity index (χ0n) is 11.2. The van der Waals surface area contributed by atoms with Gasteiger partial charge in [-0.25, -0.2) is 4.39 Å². The van der Waals surface area contributed by atoms with Crippen LogP contribution in [0.4, 0.5) is 4.39 Å². The average molecular weight is 279 g/mol. The summed E-state index contributed by atoms with van der Waals surface area (Å²) >= 11 is 1.67. The standard InChI is InChI=1S/C15H18FNOS/c1-11(17-2)14-4-3-13(16)9-15(14)18-7-5-12-6-8-19-10-12/h3-4,6,8-11,17H,5,7H2,1-2H3. The summed E-state index contributed by atoms with van der Waals surface area (Å²) in [5.41, 5.74) is 2.24. The Bertz CT molecular complexity index is 513. The van der Waals surface area contributed by atoms with Gasteiger partial charge >= 0.3 is 0 Å². The van der Waals surface area contributed by atoms with Gasteiger partial charge in [-0.1, -0.05) is 6.07 Å². The highest BCUT2D eigenvalue weighted by atomic mass is 32.1. The Morgan fingerprint density at radius 2 is 2.21 bits per heavy atom. The lowest BCUT2D eigenvalue weighted by atomic mass is 10.1. The predicted octanol–water partition coefficient (Wildman–Crippen LogP) is 3.79. The molecule has 0 amide bonds. The fraction of sp³-hybridized carbons (Fsp3) is 0.333. The Labute approximate surface area is 117 Å². The zero-order valence-corrected chi connectivity index (χ0v) is 12.0. The van der Waals surface area contributed by atoms with E-state index in [1.165, 1.54) is 17.7 Å². The lowest BCUT2D eigenvalue weighted by Crippen LogP contribution is -2.14. The van der Waals surface area contributed by atoms with Gasteiger partial charge in [0.25, 0.3) is 0 Å². The predicted molar refractivity (Wildman–Crippen MR) is 77.4 cm³/mol. The molecular weight excluding hydrogens is 261 g/mol. The Balaban J connectivity index is 2.03. The Morgan fingerprint density at radius 3 is 2.89 bits per heavy atom. The molecule has 2 nitrogen and oxygen atoms in total. The molecule has 1 unspecified atom stereocenters. The van der Waals surface area contributed by atoms with Gasteiger partial charge in [-0.15, -0.1) is 0 Å². The van der Waals surface area contributed by atoms with Crippen LogP contribution in [0.1, 0.15) is 24.1 Å². The van der Waals surface area contributed by atoms with Gasteiger partial charge in [-0.2, -0.15) is 11.3 Å². The van der Waals surface area contributed by atoms with Crippen molar-refractivity contribution >= 4 is 11.3 Å². The number of ether oxygens (including phenoxy) is 1. The third kappa shape index (κ3) is 3.78. The molecule has 0 bridgehead atoms. The van der Waals surface area contributed by atoms with Crippen molar-refractivity contribution in [1.29, 1.82) is 0 Å². The van der Waals surface area contributed by atoms with Crippen molar-refractivity contribution in [3.8, 4) is 5.75 Å². The van der Waals surface area contributed by atoms with Gasteiger partial charge in [-0.05, 0) is 42.4 Å². The summed E-state index contributed by atoms with van der Waals surface area (Å²) in [7, 11) is 1.88. The van der Waals surface area contributed by atoms with Crippen LogP contribution in [-0.2, 0) is 6.42 Å².